The van der Waals surface area contributed by atoms with Gasteiger partial charge in [0.2, 0.25) is 5.43 Å². The van der Waals surface area contributed by atoms with E-state index in [9.17, 15) is 4.79 Å². The molecule has 0 amide bonds. The molecule has 5 heteroatoms. The number of aromatic nitrogens is 1. The van der Waals surface area contributed by atoms with E-state index in [4.69, 9.17) is 21.8 Å². The molecular weight excluding hydrogens is 324 g/mol. The van der Waals surface area contributed by atoms with E-state index < -0.39 is 0 Å². The molecule has 4 rings (SSSR count). The van der Waals surface area contributed by atoms with Gasteiger partial charge in [0.1, 0.15) is 11.0 Å². The predicted octanol–water partition coefficient (Wildman–Crippen LogP) is 3.97. The molecule has 0 unspecified atom stereocenters. The van der Waals surface area contributed by atoms with Crippen molar-refractivity contribution in [2.45, 2.75) is 6.92 Å². The monoisotopic (exact) mass is 337 g/mol. The van der Waals surface area contributed by atoms with E-state index in [1.54, 1.807) is 24.3 Å². The molecule has 118 valence electrons. The van der Waals surface area contributed by atoms with Gasteiger partial charge in [0.15, 0.2) is 0 Å². The smallest absolute Gasteiger partial charge is 0.299 e. The summed E-state index contributed by atoms with van der Waals surface area (Å²) in [5.41, 5.74) is 9.56. The highest BCUT2D eigenvalue weighted by atomic mass is 35.5. The summed E-state index contributed by atoms with van der Waals surface area (Å²) >= 11 is 5.94. The van der Waals surface area contributed by atoms with Crippen LogP contribution in [0, 0.1) is 6.92 Å². The average molecular weight is 338 g/mol. The van der Waals surface area contributed by atoms with Crippen LogP contribution in [0.4, 0.5) is 5.82 Å². The van der Waals surface area contributed by atoms with Gasteiger partial charge in [0, 0.05) is 5.02 Å². The lowest BCUT2D eigenvalue weighted by molar-refractivity contribution is -0.337. The predicted molar refractivity (Wildman–Crippen MR) is 96.1 cm³/mol. The van der Waals surface area contributed by atoms with E-state index in [1.165, 1.54) is 0 Å². The summed E-state index contributed by atoms with van der Waals surface area (Å²) in [5, 5.41) is 1.66. The number of pyridine rings is 1. The van der Waals surface area contributed by atoms with Crippen LogP contribution in [0.3, 0.4) is 0 Å². The van der Waals surface area contributed by atoms with Crippen molar-refractivity contribution < 1.29 is 9.40 Å². The summed E-state index contributed by atoms with van der Waals surface area (Å²) < 4.78 is 5.82. The fourth-order valence-corrected chi connectivity index (χ4v) is 2.95. The molecule has 2 heterocycles. The lowest BCUT2D eigenvalue weighted by Crippen LogP contribution is -2.16. The molecule has 0 bridgehead atoms. The van der Waals surface area contributed by atoms with Crippen LogP contribution in [0.25, 0.3) is 33.2 Å². The second kappa shape index (κ2) is 5.35. The summed E-state index contributed by atoms with van der Waals surface area (Å²) in [5.74, 6) is 0.430. The summed E-state index contributed by atoms with van der Waals surface area (Å²) in [7, 11) is 0. The fourth-order valence-electron chi connectivity index (χ4n) is 2.83. The highest BCUT2D eigenvalue weighted by molar-refractivity contribution is 6.30. The molecule has 2 aromatic heterocycles. The summed E-state index contributed by atoms with van der Waals surface area (Å²) in [6, 6.07) is 14.6. The number of rotatable bonds is 1. The van der Waals surface area contributed by atoms with Crippen LogP contribution in [0.2, 0.25) is 5.02 Å². The maximum Gasteiger partial charge on any atom is 0.299 e. The van der Waals surface area contributed by atoms with Crippen LogP contribution in [-0.2, 0) is 0 Å². The van der Waals surface area contributed by atoms with Gasteiger partial charge in [0.25, 0.3) is 11.5 Å². The van der Waals surface area contributed by atoms with Crippen molar-refractivity contribution in [2.75, 3.05) is 5.73 Å². The highest BCUT2D eigenvalue weighted by Gasteiger charge is 2.16. The first kappa shape index (κ1) is 14.7. The third kappa shape index (κ3) is 2.32. The number of nitrogen functional groups attached to an aromatic ring is 1. The fraction of sp³-hybridized carbons (Fsp3) is 0.0526. The van der Waals surface area contributed by atoms with Gasteiger partial charge in [0.05, 0.1) is 10.9 Å². The molecule has 0 aliphatic heterocycles. The van der Waals surface area contributed by atoms with Crippen molar-refractivity contribution >= 4 is 39.5 Å². The molecule has 0 spiro atoms. The van der Waals surface area contributed by atoms with Gasteiger partial charge in [-0.1, -0.05) is 35.4 Å². The number of hydrogen-bond acceptors (Lipinski definition) is 3. The van der Waals surface area contributed by atoms with Crippen molar-refractivity contribution in [2.24, 2.45) is 0 Å². The molecule has 3 N–H and O–H groups in total. The molecule has 0 saturated carbocycles. The highest BCUT2D eigenvalue weighted by Crippen LogP contribution is 2.27. The maximum atomic E-state index is 12.8. The number of benzene rings is 2. The van der Waals surface area contributed by atoms with Gasteiger partial charge in [-0.15, -0.1) is 0 Å². The van der Waals surface area contributed by atoms with Crippen molar-refractivity contribution in [1.82, 2.24) is 0 Å². The molecule has 0 saturated heterocycles. The Labute approximate surface area is 142 Å². The minimum Gasteiger partial charge on any atom is -0.422 e. The third-order valence-corrected chi connectivity index (χ3v) is 4.32. The van der Waals surface area contributed by atoms with E-state index in [1.807, 2.05) is 31.2 Å². The summed E-state index contributed by atoms with van der Waals surface area (Å²) in [6.45, 7) is 1.94. The van der Waals surface area contributed by atoms with Crippen LogP contribution >= 0.6 is 11.6 Å². The molecule has 24 heavy (non-hydrogen) atoms. The Morgan fingerprint density at radius 3 is 2.54 bits per heavy atom. The lowest BCUT2D eigenvalue weighted by atomic mass is 10.0. The lowest BCUT2D eigenvalue weighted by Gasteiger charge is -2.05. The Balaban J connectivity index is 2.06. The van der Waals surface area contributed by atoms with Crippen LogP contribution < -0.4 is 16.1 Å². The molecule has 0 atom stereocenters. The number of anilines is 1. The SMILES string of the molecule is Cc1ccc2oc3[nH+]c(N)c(-c4ccc(Cl)cc4)cc3c(=O)c2c1. The molecule has 0 radical (unpaired) electrons. The van der Waals surface area contributed by atoms with Crippen LogP contribution in [0.5, 0.6) is 0 Å². The Hall–Kier alpha value is -2.85. The number of H-pyrrole nitrogens is 1. The Kier molecular flexibility index (Phi) is 3.28. The topological polar surface area (TPSA) is 70.4 Å². The average Bonchev–Trinajstić information content (AvgIpc) is 2.56. The van der Waals surface area contributed by atoms with Gasteiger partial charge in [-0.25, -0.2) is 4.98 Å². The van der Waals surface area contributed by atoms with E-state index in [-0.39, 0.29) is 5.43 Å². The van der Waals surface area contributed by atoms with Gasteiger partial charge < -0.3 is 4.42 Å². The van der Waals surface area contributed by atoms with E-state index in [0.717, 1.165) is 16.7 Å². The van der Waals surface area contributed by atoms with Gasteiger partial charge in [-0.05, 0) is 42.8 Å². The molecule has 2 aromatic carbocycles. The number of aryl methyl sites for hydroxylation is 1. The minimum atomic E-state index is -0.0820. The normalized spacial score (nSPS) is 11.2. The molecule has 0 fully saturated rings. The summed E-state index contributed by atoms with van der Waals surface area (Å²) in [4.78, 5) is 15.8. The van der Waals surface area contributed by atoms with Crippen LogP contribution in [0.15, 0.2) is 57.7 Å². The van der Waals surface area contributed by atoms with Gasteiger partial charge >= 0.3 is 0 Å². The summed E-state index contributed by atoms with van der Waals surface area (Å²) in [6.07, 6.45) is 0. The Morgan fingerprint density at radius 2 is 1.79 bits per heavy atom. The second-order valence-corrected chi connectivity index (χ2v) is 6.21. The van der Waals surface area contributed by atoms with Gasteiger partial charge in [-0.3, -0.25) is 10.5 Å². The quantitative estimate of drug-likeness (QED) is 0.534. The van der Waals surface area contributed by atoms with Gasteiger partial charge in [-0.2, -0.15) is 0 Å². The number of nitrogens with one attached hydrogen (secondary N) is 1. The minimum absolute atomic E-state index is 0.0820. The van der Waals surface area contributed by atoms with Crippen molar-refractivity contribution in [1.29, 1.82) is 0 Å². The zero-order valence-electron chi connectivity index (χ0n) is 12.9. The molecule has 0 aliphatic rings. The second-order valence-electron chi connectivity index (χ2n) is 5.78. The Morgan fingerprint density at radius 1 is 1.04 bits per heavy atom. The zero-order chi connectivity index (χ0) is 16.8. The third-order valence-electron chi connectivity index (χ3n) is 4.06. The number of nitrogens with two attached hydrogens (primary N) is 1. The van der Waals surface area contributed by atoms with Crippen molar-refractivity contribution in [3.63, 3.8) is 0 Å². The first-order chi connectivity index (χ1) is 11.5. The molecule has 0 aliphatic carbocycles. The van der Waals surface area contributed by atoms with Crippen molar-refractivity contribution in [3.8, 4) is 11.1 Å². The Bertz CT molecular complexity index is 1150. The van der Waals surface area contributed by atoms with E-state index in [0.29, 0.717) is 32.9 Å². The number of aromatic amines is 1. The zero-order valence-corrected chi connectivity index (χ0v) is 13.6. The molecule has 4 nitrogen and oxygen atoms in total. The molecular formula is C19H14ClN2O2+. The standard InChI is InChI=1S/C19H13ClN2O2/c1-10-2-7-16-14(8-10)17(23)15-9-13(18(21)22-19(15)24-16)11-3-5-12(20)6-4-11/h2-9H,1H3,(H2,21,22)/p+1. The van der Waals surface area contributed by atoms with Crippen LogP contribution in [0.1, 0.15) is 5.56 Å². The number of halogens is 1. The number of fused-ring (bicyclic) bond motifs is 2. The molecule has 4 aromatic rings. The first-order valence-electron chi connectivity index (χ1n) is 7.48. The van der Waals surface area contributed by atoms with Crippen molar-refractivity contribution in [3.05, 3.63) is 69.3 Å². The first-order valence-corrected chi connectivity index (χ1v) is 7.85. The maximum absolute atomic E-state index is 12.8. The van der Waals surface area contributed by atoms with Crippen LogP contribution in [-0.4, -0.2) is 0 Å². The largest absolute Gasteiger partial charge is 0.422 e. The van der Waals surface area contributed by atoms with E-state index in [2.05, 4.69) is 4.98 Å². The number of hydrogen-bond donors (Lipinski definition) is 1. The van der Waals surface area contributed by atoms with E-state index >= 15 is 0 Å².